The van der Waals surface area contributed by atoms with Gasteiger partial charge in [-0.15, -0.1) is 0 Å². The quantitative estimate of drug-likeness (QED) is 0.769. The summed E-state index contributed by atoms with van der Waals surface area (Å²) in [4.78, 5) is 14.4. The van der Waals surface area contributed by atoms with Crippen molar-refractivity contribution in [2.24, 2.45) is 0 Å². The van der Waals surface area contributed by atoms with Crippen LogP contribution in [0.5, 0.6) is 0 Å². The standard InChI is InChI=1S/C19H20BrClN2O2/c20-15-3-1-2-14(12-15)18-13-23(10-11-25-18)9-8-19(24)22-17-6-4-16(21)5-7-17/h1-7,12,18H,8-11,13H2,(H,22,24). The molecule has 0 spiro atoms. The third kappa shape index (κ3) is 5.54. The summed E-state index contributed by atoms with van der Waals surface area (Å²) in [5, 5.41) is 3.55. The minimum absolute atomic E-state index is 0.00724. The van der Waals surface area contributed by atoms with E-state index in [2.05, 4.69) is 38.3 Å². The number of halogens is 2. The summed E-state index contributed by atoms with van der Waals surface area (Å²) in [6.07, 6.45) is 0.499. The van der Waals surface area contributed by atoms with Gasteiger partial charge in [-0.1, -0.05) is 39.7 Å². The summed E-state index contributed by atoms with van der Waals surface area (Å²) < 4.78 is 6.94. The van der Waals surface area contributed by atoms with Crippen LogP contribution in [0.15, 0.2) is 53.0 Å². The predicted octanol–water partition coefficient (Wildman–Crippen LogP) is 4.50. The highest BCUT2D eigenvalue weighted by Crippen LogP contribution is 2.24. The Balaban J connectivity index is 1.49. The monoisotopic (exact) mass is 422 g/mol. The van der Waals surface area contributed by atoms with Gasteiger partial charge in [-0.2, -0.15) is 0 Å². The number of anilines is 1. The highest BCUT2D eigenvalue weighted by molar-refractivity contribution is 9.10. The van der Waals surface area contributed by atoms with E-state index in [1.165, 1.54) is 0 Å². The maximum atomic E-state index is 12.1. The molecular weight excluding hydrogens is 404 g/mol. The van der Waals surface area contributed by atoms with Crippen LogP contribution in [-0.2, 0) is 9.53 Å². The number of nitrogens with zero attached hydrogens (tertiary/aromatic N) is 1. The van der Waals surface area contributed by atoms with Crippen molar-refractivity contribution >= 4 is 39.1 Å². The lowest BCUT2D eigenvalue weighted by atomic mass is 10.1. The van der Waals surface area contributed by atoms with E-state index in [0.717, 1.165) is 28.8 Å². The van der Waals surface area contributed by atoms with Crippen molar-refractivity contribution in [1.82, 2.24) is 4.90 Å². The van der Waals surface area contributed by atoms with E-state index in [-0.39, 0.29) is 12.0 Å². The predicted molar refractivity (Wildman–Crippen MR) is 104 cm³/mol. The molecule has 0 aromatic heterocycles. The molecule has 1 atom stereocenters. The minimum Gasteiger partial charge on any atom is -0.371 e. The molecule has 2 aromatic rings. The molecule has 2 aromatic carbocycles. The van der Waals surface area contributed by atoms with Gasteiger partial charge in [-0.3, -0.25) is 9.69 Å². The van der Waals surface area contributed by atoms with Crippen molar-refractivity contribution in [3.63, 3.8) is 0 Å². The second-order valence-corrected chi connectivity index (χ2v) is 7.37. The molecule has 3 rings (SSSR count). The van der Waals surface area contributed by atoms with Crippen LogP contribution in [0.25, 0.3) is 0 Å². The van der Waals surface area contributed by atoms with Crippen LogP contribution >= 0.6 is 27.5 Å². The Morgan fingerprint density at radius 3 is 2.84 bits per heavy atom. The fourth-order valence-electron chi connectivity index (χ4n) is 2.83. The lowest BCUT2D eigenvalue weighted by molar-refractivity contribution is -0.117. The summed E-state index contributed by atoms with van der Waals surface area (Å²) in [7, 11) is 0. The molecule has 0 bridgehead atoms. The van der Waals surface area contributed by atoms with Crippen LogP contribution in [0.2, 0.25) is 5.02 Å². The van der Waals surface area contributed by atoms with Crippen LogP contribution < -0.4 is 5.32 Å². The molecule has 0 saturated carbocycles. The summed E-state index contributed by atoms with van der Waals surface area (Å²) >= 11 is 9.35. The molecule has 1 aliphatic rings. The second-order valence-electron chi connectivity index (χ2n) is 6.02. The van der Waals surface area contributed by atoms with E-state index in [1.807, 2.05) is 12.1 Å². The third-order valence-corrected chi connectivity index (χ3v) is 4.90. The molecule has 25 heavy (non-hydrogen) atoms. The molecule has 1 saturated heterocycles. The number of ether oxygens (including phenoxy) is 1. The number of hydrogen-bond donors (Lipinski definition) is 1. The van der Waals surface area contributed by atoms with Gasteiger partial charge in [0.1, 0.15) is 0 Å². The Labute approximate surface area is 161 Å². The Kier molecular flexibility index (Phi) is 6.48. The van der Waals surface area contributed by atoms with E-state index in [1.54, 1.807) is 24.3 Å². The van der Waals surface area contributed by atoms with Crippen molar-refractivity contribution in [1.29, 1.82) is 0 Å². The number of benzene rings is 2. The highest BCUT2D eigenvalue weighted by Gasteiger charge is 2.22. The van der Waals surface area contributed by atoms with Crippen molar-refractivity contribution in [2.45, 2.75) is 12.5 Å². The fourth-order valence-corrected chi connectivity index (χ4v) is 3.37. The molecule has 1 fully saturated rings. The Hall–Kier alpha value is -1.40. The van der Waals surface area contributed by atoms with Crippen LogP contribution in [0.3, 0.4) is 0 Å². The van der Waals surface area contributed by atoms with E-state index >= 15 is 0 Å². The van der Waals surface area contributed by atoms with E-state index in [4.69, 9.17) is 16.3 Å². The summed E-state index contributed by atoms with van der Waals surface area (Å²) in [6, 6.07) is 15.3. The normalized spacial score (nSPS) is 18.1. The van der Waals surface area contributed by atoms with Gasteiger partial charge in [-0.05, 0) is 42.0 Å². The van der Waals surface area contributed by atoms with Crippen LogP contribution in [0.1, 0.15) is 18.1 Å². The van der Waals surface area contributed by atoms with Crippen molar-refractivity contribution in [3.05, 3.63) is 63.6 Å². The van der Waals surface area contributed by atoms with Crippen molar-refractivity contribution in [3.8, 4) is 0 Å². The van der Waals surface area contributed by atoms with E-state index < -0.39 is 0 Å². The Morgan fingerprint density at radius 2 is 2.08 bits per heavy atom. The van der Waals surface area contributed by atoms with Gasteiger partial charge in [0.15, 0.2) is 0 Å². The molecular formula is C19H20BrClN2O2. The average molecular weight is 424 g/mol. The number of carbonyl (C=O) groups excluding carboxylic acids is 1. The number of nitrogens with one attached hydrogen (secondary N) is 1. The summed E-state index contributed by atoms with van der Waals surface area (Å²) in [5.74, 6) is 0.00724. The van der Waals surface area contributed by atoms with Crippen LogP contribution in [-0.4, -0.2) is 37.0 Å². The Morgan fingerprint density at radius 1 is 1.28 bits per heavy atom. The molecule has 4 nitrogen and oxygen atoms in total. The van der Waals surface area contributed by atoms with Crippen LogP contribution in [0.4, 0.5) is 5.69 Å². The molecule has 0 aliphatic carbocycles. The van der Waals surface area contributed by atoms with Crippen molar-refractivity contribution < 1.29 is 9.53 Å². The number of carbonyl (C=O) groups is 1. The van der Waals surface area contributed by atoms with Gasteiger partial charge in [0.2, 0.25) is 5.91 Å². The van der Waals surface area contributed by atoms with Gasteiger partial charge in [0, 0.05) is 41.2 Å². The molecule has 132 valence electrons. The van der Waals surface area contributed by atoms with E-state index in [9.17, 15) is 4.79 Å². The zero-order valence-corrected chi connectivity index (χ0v) is 16.1. The first-order chi connectivity index (χ1) is 12.1. The topological polar surface area (TPSA) is 41.6 Å². The average Bonchev–Trinajstić information content (AvgIpc) is 2.62. The number of amides is 1. The van der Waals surface area contributed by atoms with Gasteiger partial charge in [-0.25, -0.2) is 0 Å². The number of rotatable bonds is 5. The lowest BCUT2D eigenvalue weighted by Crippen LogP contribution is -2.39. The molecule has 1 unspecified atom stereocenters. The maximum Gasteiger partial charge on any atom is 0.225 e. The molecule has 1 heterocycles. The van der Waals surface area contributed by atoms with Gasteiger partial charge >= 0.3 is 0 Å². The first-order valence-corrected chi connectivity index (χ1v) is 9.42. The zero-order chi connectivity index (χ0) is 17.6. The minimum atomic E-state index is 0.00724. The smallest absolute Gasteiger partial charge is 0.225 e. The highest BCUT2D eigenvalue weighted by atomic mass is 79.9. The third-order valence-electron chi connectivity index (χ3n) is 4.15. The van der Waals surface area contributed by atoms with Crippen molar-refractivity contribution in [2.75, 3.05) is 31.6 Å². The summed E-state index contributed by atoms with van der Waals surface area (Å²) in [5.41, 5.74) is 1.92. The maximum absolute atomic E-state index is 12.1. The fraction of sp³-hybridized carbons (Fsp3) is 0.316. The number of hydrogen-bond acceptors (Lipinski definition) is 3. The SMILES string of the molecule is O=C(CCN1CCOC(c2cccc(Br)c2)C1)Nc1ccc(Cl)cc1. The second kappa shape index (κ2) is 8.81. The molecule has 0 radical (unpaired) electrons. The van der Waals surface area contributed by atoms with Gasteiger partial charge in [0.25, 0.3) is 0 Å². The molecule has 1 aliphatic heterocycles. The molecule has 1 N–H and O–H groups in total. The lowest BCUT2D eigenvalue weighted by Gasteiger charge is -2.33. The first-order valence-electron chi connectivity index (χ1n) is 8.25. The van der Waals surface area contributed by atoms with E-state index in [0.29, 0.717) is 24.6 Å². The van der Waals surface area contributed by atoms with Crippen LogP contribution in [0, 0.1) is 0 Å². The first kappa shape index (κ1) is 18.4. The van der Waals surface area contributed by atoms with Gasteiger partial charge < -0.3 is 10.1 Å². The zero-order valence-electron chi connectivity index (χ0n) is 13.8. The Bertz CT molecular complexity index is 724. The molecule has 1 amide bonds. The number of morpholine rings is 1. The largest absolute Gasteiger partial charge is 0.371 e. The summed E-state index contributed by atoms with van der Waals surface area (Å²) in [6.45, 7) is 3.03. The molecule has 6 heteroatoms. The van der Waals surface area contributed by atoms with Gasteiger partial charge in [0.05, 0.1) is 12.7 Å².